The van der Waals surface area contributed by atoms with Gasteiger partial charge in [0, 0.05) is 19.6 Å². The molecule has 1 heterocycles. The lowest BCUT2D eigenvalue weighted by Crippen LogP contribution is -2.34. The predicted molar refractivity (Wildman–Crippen MR) is 78.2 cm³/mol. The van der Waals surface area contributed by atoms with Crippen LogP contribution in [-0.4, -0.2) is 34.5 Å². The van der Waals surface area contributed by atoms with Gasteiger partial charge in [-0.15, -0.1) is 0 Å². The maximum absolute atomic E-state index is 11.3. The van der Waals surface area contributed by atoms with Crippen molar-refractivity contribution in [2.75, 3.05) is 23.8 Å². The number of hydrogen-bond donors (Lipinski definition) is 1. The molecule has 0 spiro atoms. The number of hydrogen-bond acceptors (Lipinski definition) is 6. The highest BCUT2D eigenvalue weighted by molar-refractivity contribution is 5.63. The van der Waals surface area contributed by atoms with Crippen molar-refractivity contribution in [1.82, 2.24) is 9.97 Å². The Kier molecular flexibility index (Phi) is 4.06. The third-order valence-corrected chi connectivity index (χ3v) is 3.49. The number of anilines is 2. The van der Waals surface area contributed by atoms with Crippen LogP contribution in [0.2, 0.25) is 0 Å². The zero-order valence-corrected chi connectivity index (χ0v) is 12.4. The molecule has 0 bridgehead atoms. The number of aryl methyl sites for hydroxylation is 1. The van der Waals surface area contributed by atoms with Gasteiger partial charge in [-0.05, 0) is 39.5 Å². The Morgan fingerprint density at radius 1 is 1.45 bits per heavy atom. The van der Waals surface area contributed by atoms with Crippen LogP contribution in [0.3, 0.4) is 0 Å². The highest BCUT2D eigenvalue weighted by Crippen LogP contribution is 2.36. The number of nitrogens with one attached hydrogen (secondary N) is 1. The van der Waals surface area contributed by atoms with Crippen LogP contribution >= 0.6 is 0 Å². The van der Waals surface area contributed by atoms with E-state index in [1.54, 1.807) is 14.0 Å². The molecule has 1 aliphatic rings. The second kappa shape index (κ2) is 5.60. The maximum Gasteiger partial charge on any atom is 0.332 e. The molecule has 0 atom stereocenters. The molecule has 2 rings (SSSR count). The highest BCUT2D eigenvalue weighted by Gasteiger charge is 2.32. The van der Waals surface area contributed by atoms with Crippen molar-refractivity contribution in [2.24, 2.45) is 5.92 Å². The van der Waals surface area contributed by atoms with Gasteiger partial charge < -0.3 is 10.2 Å². The molecule has 20 heavy (non-hydrogen) atoms. The summed E-state index contributed by atoms with van der Waals surface area (Å²) in [6, 6.07) is 0.160. The minimum Gasteiger partial charge on any atom is -0.357 e. The molecule has 1 N–H and O–H groups in total. The Morgan fingerprint density at radius 2 is 2.10 bits per heavy atom. The molecule has 1 aromatic heterocycles. The fourth-order valence-corrected chi connectivity index (χ4v) is 2.20. The molecular formula is C13H21N5O2. The first-order valence-corrected chi connectivity index (χ1v) is 6.91. The van der Waals surface area contributed by atoms with E-state index in [1.807, 2.05) is 18.7 Å². The second-order valence-electron chi connectivity index (χ2n) is 5.50. The first-order valence-electron chi connectivity index (χ1n) is 6.91. The van der Waals surface area contributed by atoms with Crippen molar-refractivity contribution in [2.45, 2.75) is 39.7 Å². The van der Waals surface area contributed by atoms with Crippen LogP contribution < -0.4 is 10.2 Å². The van der Waals surface area contributed by atoms with Crippen LogP contribution in [0, 0.1) is 23.0 Å². The molecule has 0 aliphatic heterocycles. The predicted octanol–water partition coefficient (Wildman–Crippen LogP) is 2.36. The van der Waals surface area contributed by atoms with E-state index < -0.39 is 0 Å². The Labute approximate surface area is 118 Å². The van der Waals surface area contributed by atoms with Crippen LogP contribution in [0.4, 0.5) is 17.5 Å². The normalized spacial score (nSPS) is 14.4. The molecule has 1 saturated carbocycles. The molecular weight excluding hydrogens is 258 g/mol. The summed E-state index contributed by atoms with van der Waals surface area (Å²) in [6.45, 7) is 6.53. The second-order valence-corrected chi connectivity index (χ2v) is 5.50. The van der Waals surface area contributed by atoms with Gasteiger partial charge >= 0.3 is 5.69 Å². The SMILES string of the molecule is CNc1nc(C)c([N+](=O)[O-])c(N(CC2CC2)C(C)C)n1. The van der Waals surface area contributed by atoms with E-state index in [1.165, 1.54) is 12.8 Å². The lowest BCUT2D eigenvalue weighted by atomic mass is 10.2. The highest BCUT2D eigenvalue weighted by atomic mass is 16.6. The van der Waals surface area contributed by atoms with Gasteiger partial charge in [-0.3, -0.25) is 10.1 Å². The fourth-order valence-electron chi connectivity index (χ4n) is 2.20. The zero-order valence-electron chi connectivity index (χ0n) is 12.4. The standard InChI is InChI=1S/C13H21N5O2/c1-8(2)17(7-10-5-6-10)12-11(18(19)20)9(3)15-13(14-4)16-12/h8,10H,5-7H2,1-4H3,(H,14,15,16). The van der Waals surface area contributed by atoms with Crippen LogP contribution in [0.15, 0.2) is 0 Å². The molecule has 0 aromatic carbocycles. The Bertz CT molecular complexity index is 514. The maximum atomic E-state index is 11.3. The van der Waals surface area contributed by atoms with E-state index in [-0.39, 0.29) is 16.7 Å². The zero-order chi connectivity index (χ0) is 14.9. The molecule has 1 aromatic rings. The number of rotatable bonds is 6. The summed E-state index contributed by atoms with van der Waals surface area (Å²) in [6.07, 6.45) is 2.39. The smallest absolute Gasteiger partial charge is 0.332 e. The average Bonchev–Trinajstić information content (AvgIpc) is 3.17. The molecule has 0 saturated heterocycles. The van der Waals surface area contributed by atoms with Crippen molar-refractivity contribution in [3.8, 4) is 0 Å². The molecule has 0 amide bonds. The molecule has 0 unspecified atom stereocenters. The van der Waals surface area contributed by atoms with Gasteiger partial charge in [0.1, 0.15) is 5.69 Å². The van der Waals surface area contributed by atoms with Crippen molar-refractivity contribution >= 4 is 17.5 Å². The molecule has 1 aliphatic carbocycles. The molecule has 7 nitrogen and oxygen atoms in total. The van der Waals surface area contributed by atoms with Crippen molar-refractivity contribution < 1.29 is 4.92 Å². The van der Waals surface area contributed by atoms with Crippen molar-refractivity contribution in [3.05, 3.63) is 15.8 Å². The van der Waals surface area contributed by atoms with E-state index in [0.717, 1.165) is 6.54 Å². The summed E-state index contributed by atoms with van der Waals surface area (Å²) in [5.74, 6) is 1.48. The van der Waals surface area contributed by atoms with E-state index in [0.29, 0.717) is 23.4 Å². The van der Waals surface area contributed by atoms with Crippen molar-refractivity contribution in [1.29, 1.82) is 0 Å². The molecule has 0 radical (unpaired) electrons. The third kappa shape index (κ3) is 2.97. The molecule has 110 valence electrons. The summed E-state index contributed by atoms with van der Waals surface area (Å²) in [5, 5.41) is 14.2. The van der Waals surface area contributed by atoms with Gasteiger partial charge in [-0.2, -0.15) is 4.98 Å². The van der Waals surface area contributed by atoms with E-state index in [9.17, 15) is 10.1 Å². The quantitative estimate of drug-likeness (QED) is 0.635. The lowest BCUT2D eigenvalue weighted by Gasteiger charge is -2.28. The summed E-state index contributed by atoms with van der Waals surface area (Å²) in [7, 11) is 1.71. The summed E-state index contributed by atoms with van der Waals surface area (Å²) >= 11 is 0. The van der Waals surface area contributed by atoms with Gasteiger partial charge in [0.05, 0.1) is 4.92 Å². The van der Waals surface area contributed by atoms with Gasteiger partial charge in [0.15, 0.2) is 0 Å². The molecule has 1 fully saturated rings. The van der Waals surface area contributed by atoms with Crippen molar-refractivity contribution in [3.63, 3.8) is 0 Å². The van der Waals surface area contributed by atoms with Crippen LogP contribution in [0.1, 0.15) is 32.4 Å². The minimum atomic E-state index is -0.383. The Balaban J connectivity index is 2.49. The Morgan fingerprint density at radius 3 is 2.55 bits per heavy atom. The monoisotopic (exact) mass is 279 g/mol. The minimum absolute atomic E-state index is 0.0124. The van der Waals surface area contributed by atoms with E-state index in [4.69, 9.17) is 0 Å². The lowest BCUT2D eigenvalue weighted by molar-refractivity contribution is -0.385. The summed E-state index contributed by atoms with van der Waals surface area (Å²) in [4.78, 5) is 21.4. The Hall–Kier alpha value is -1.92. The van der Waals surface area contributed by atoms with Gasteiger partial charge in [-0.25, -0.2) is 4.98 Å². The van der Waals surface area contributed by atoms with Gasteiger partial charge in [0.25, 0.3) is 0 Å². The van der Waals surface area contributed by atoms with E-state index in [2.05, 4.69) is 15.3 Å². The number of aromatic nitrogens is 2. The summed E-state index contributed by atoms with van der Waals surface area (Å²) < 4.78 is 0. The molecule has 7 heteroatoms. The van der Waals surface area contributed by atoms with Gasteiger partial charge in [-0.1, -0.05) is 0 Å². The number of nitrogens with zero attached hydrogens (tertiary/aromatic N) is 4. The summed E-state index contributed by atoms with van der Waals surface area (Å²) in [5.41, 5.74) is 0.407. The largest absolute Gasteiger partial charge is 0.357 e. The van der Waals surface area contributed by atoms with Crippen LogP contribution in [0.5, 0.6) is 0 Å². The van der Waals surface area contributed by atoms with E-state index >= 15 is 0 Å². The average molecular weight is 279 g/mol. The first kappa shape index (κ1) is 14.5. The third-order valence-electron chi connectivity index (χ3n) is 3.49. The van der Waals surface area contributed by atoms with Crippen LogP contribution in [-0.2, 0) is 0 Å². The fraction of sp³-hybridized carbons (Fsp3) is 0.692. The topological polar surface area (TPSA) is 84.2 Å². The number of nitro groups is 1. The van der Waals surface area contributed by atoms with Crippen LogP contribution in [0.25, 0.3) is 0 Å². The van der Waals surface area contributed by atoms with Gasteiger partial charge in [0.2, 0.25) is 11.8 Å². The first-order chi connectivity index (χ1) is 9.43.